The summed E-state index contributed by atoms with van der Waals surface area (Å²) in [7, 11) is 2.15. The Morgan fingerprint density at radius 1 is 1.24 bits per heavy atom. The van der Waals surface area contributed by atoms with Crippen molar-refractivity contribution in [2.45, 2.75) is 23.2 Å². The van der Waals surface area contributed by atoms with E-state index in [4.69, 9.17) is 0 Å². The Bertz CT molecular complexity index is 355. The lowest BCUT2D eigenvalue weighted by molar-refractivity contribution is 0.114. The minimum Gasteiger partial charge on any atom is -0.395 e. The van der Waals surface area contributed by atoms with Gasteiger partial charge in [0.2, 0.25) is 0 Å². The number of rotatable bonds is 3. The molecule has 1 aromatic rings. The molecule has 2 rings (SSSR count). The van der Waals surface area contributed by atoms with E-state index in [-0.39, 0.29) is 12.0 Å². The molecule has 1 aliphatic heterocycles. The van der Waals surface area contributed by atoms with Crippen molar-refractivity contribution in [2.24, 2.45) is 0 Å². The molecule has 0 radical (unpaired) electrons. The first-order valence-electron chi connectivity index (χ1n) is 6.14. The number of aliphatic hydroxyl groups excluding tert-OH is 1. The first-order chi connectivity index (χ1) is 8.20. The van der Waals surface area contributed by atoms with Crippen LogP contribution in [-0.4, -0.2) is 43.0 Å². The van der Waals surface area contributed by atoms with E-state index in [1.54, 1.807) is 11.8 Å². The van der Waals surface area contributed by atoms with Gasteiger partial charge >= 0.3 is 0 Å². The van der Waals surface area contributed by atoms with E-state index in [0.717, 1.165) is 25.9 Å². The molecule has 1 heterocycles. The predicted molar refractivity (Wildman–Crippen MR) is 73.7 cm³/mol. The lowest BCUT2D eigenvalue weighted by atomic mass is 9.73. The van der Waals surface area contributed by atoms with Crippen LogP contribution < -0.4 is 0 Å². The molecule has 0 aromatic heterocycles. The van der Waals surface area contributed by atoms with Gasteiger partial charge in [0.25, 0.3) is 0 Å². The van der Waals surface area contributed by atoms with Crippen LogP contribution in [0.25, 0.3) is 0 Å². The second-order valence-electron chi connectivity index (χ2n) is 4.97. The van der Waals surface area contributed by atoms with E-state index in [9.17, 15) is 5.11 Å². The number of hydrogen-bond acceptors (Lipinski definition) is 3. The van der Waals surface area contributed by atoms with E-state index in [1.165, 1.54) is 10.5 Å². The van der Waals surface area contributed by atoms with E-state index in [1.807, 2.05) is 0 Å². The Morgan fingerprint density at radius 2 is 1.82 bits per heavy atom. The van der Waals surface area contributed by atoms with Crippen molar-refractivity contribution in [3.8, 4) is 0 Å². The van der Waals surface area contributed by atoms with Gasteiger partial charge in [-0.15, -0.1) is 11.8 Å². The topological polar surface area (TPSA) is 23.5 Å². The molecule has 0 spiro atoms. The van der Waals surface area contributed by atoms with Crippen molar-refractivity contribution >= 4 is 11.8 Å². The van der Waals surface area contributed by atoms with Crippen LogP contribution in [0.1, 0.15) is 18.4 Å². The van der Waals surface area contributed by atoms with E-state index < -0.39 is 0 Å². The molecule has 1 fully saturated rings. The smallest absolute Gasteiger partial charge is 0.0528 e. The third-order valence-electron chi connectivity index (χ3n) is 3.95. The molecular formula is C14H21NOS. The summed E-state index contributed by atoms with van der Waals surface area (Å²) >= 11 is 1.76. The van der Waals surface area contributed by atoms with Crippen LogP contribution in [0.5, 0.6) is 0 Å². The standard InChI is InChI=1S/C14H21NOS/c1-15-9-7-14(11-16,8-10-15)12-3-5-13(17-2)6-4-12/h3-6,16H,7-11H2,1-2H3. The number of aliphatic hydroxyl groups is 1. The van der Waals surface area contributed by atoms with Crippen LogP contribution in [0.3, 0.4) is 0 Å². The fraction of sp³-hybridized carbons (Fsp3) is 0.571. The highest BCUT2D eigenvalue weighted by atomic mass is 32.2. The molecule has 0 bridgehead atoms. The third kappa shape index (κ3) is 2.67. The van der Waals surface area contributed by atoms with Gasteiger partial charge in [-0.2, -0.15) is 0 Å². The quantitative estimate of drug-likeness (QED) is 0.834. The van der Waals surface area contributed by atoms with Crippen LogP contribution >= 0.6 is 11.8 Å². The zero-order chi connectivity index (χ0) is 12.3. The van der Waals surface area contributed by atoms with Gasteiger partial charge in [-0.25, -0.2) is 0 Å². The largest absolute Gasteiger partial charge is 0.395 e. The molecule has 0 aliphatic carbocycles. The highest BCUT2D eigenvalue weighted by Crippen LogP contribution is 2.35. The summed E-state index contributed by atoms with van der Waals surface area (Å²) in [6, 6.07) is 8.70. The van der Waals surface area contributed by atoms with Crippen molar-refractivity contribution in [1.29, 1.82) is 0 Å². The van der Waals surface area contributed by atoms with Crippen LogP contribution in [0.4, 0.5) is 0 Å². The second-order valence-corrected chi connectivity index (χ2v) is 5.85. The maximum Gasteiger partial charge on any atom is 0.0528 e. The van der Waals surface area contributed by atoms with Crippen LogP contribution in [0.2, 0.25) is 0 Å². The average Bonchev–Trinajstić information content (AvgIpc) is 2.40. The molecule has 0 unspecified atom stereocenters. The lowest BCUT2D eigenvalue weighted by Gasteiger charge is -2.40. The van der Waals surface area contributed by atoms with E-state index in [0.29, 0.717) is 0 Å². The van der Waals surface area contributed by atoms with Gasteiger partial charge in [-0.1, -0.05) is 12.1 Å². The van der Waals surface area contributed by atoms with Gasteiger partial charge in [0.15, 0.2) is 0 Å². The summed E-state index contributed by atoms with van der Waals surface area (Å²) < 4.78 is 0. The molecule has 0 amide bonds. The van der Waals surface area contributed by atoms with E-state index in [2.05, 4.69) is 42.5 Å². The normalized spacial score (nSPS) is 20.4. The highest BCUT2D eigenvalue weighted by molar-refractivity contribution is 7.98. The second kappa shape index (κ2) is 5.42. The minimum absolute atomic E-state index is 0.0105. The van der Waals surface area contributed by atoms with Crippen LogP contribution in [0, 0.1) is 0 Å². The number of nitrogens with zero attached hydrogens (tertiary/aromatic N) is 1. The molecule has 1 saturated heterocycles. The van der Waals surface area contributed by atoms with Crippen molar-refractivity contribution in [2.75, 3.05) is 33.0 Å². The monoisotopic (exact) mass is 251 g/mol. The van der Waals surface area contributed by atoms with Crippen molar-refractivity contribution in [3.63, 3.8) is 0 Å². The van der Waals surface area contributed by atoms with Crippen molar-refractivity contribution in [3.05, 3.63) is 29.8 Å². The molecule has 0 saturated carbocycles. The number of benzene rings is 1. The Kier molecular flexibility index (Phi) is 4.13. The van der Waals surface area contributed by atoms with Crippen LogP contribution in [-0.2, 0) is 5.41 Å². The average molecular weight is 251 g/mol. The highest BCUT2D eigenvalue weighted by Gasteiger charge is 2.34. The van der Waals surface area contributed by atoms with Gasteiger partial charge in [0, 0.05) is 10.3 Å². The van der Waals surface area contributed by atoms with Gasteiger partial charge in [-0.05, 0) is 56.9 Å². The fourth-order valence-electron chi connectivity index (χ4n) is 2.53. The summed E-state index contributed by atoms with van der Waals surface area (Å²) in [4.78, 5) is 3.62. The van der Waals surface area contributed by atoms with E-state index >= 15 is 0 Å². The molecule has 1 N–H and O–H groups in total. The summed E-state index contributed by atoms with van der Waals surface area (Å²) in [5.74, 6) is 0. The maximum atomic E-state index is 9.78. The summed E-state index contributed by atoms with van der Waals surface area (Å²) in [6.07, 6.45) is 4.20. The molecule has 3 heteroatoms. The van der Waals surface area contributed by atoms with Crippen molar-refractivity contribution in [1.82, 2.24) is 4.90 Å². The fourth-order valence-corrected chi connectivity index (χ4v) is 2.94. The zero-order valence-corrected chi connectivity index (χ0v) is 11.5. The first-order valence-corrected chi connectivity index (χ1v) is 7.37. The maximum absolute atomic E-state index is 9.78. The van der Waals surface area contributed by atoms with Gasteiger partial charge in [0.05, 0.1) is 6.61 Å². The molecule has 17 heavy (non-hydrogen) atoms. The summed E-state index contributed by atoms with van der Waals surface area (Å²) in [5.41, 5.74) is 1.29. The first kappa shape index (κ1) is 12.9. The van der Waals surface area contributed by atoms with Gasteiger partial charge in [0.1, 0.15) is 0 Å². The summed E-state index contributed by atoms with van der Waals surface area (Å²) in [6.45, 7) is 2.41. The summed E-state index contributed by atoms with van der Waals surface area (Å²) in [5, 5.41) is 9.78. The number of thioether (sulfide) groups is 1. The molecule has 1 aliphatic rings. The van der Waals surface area contributed by atoms with Crippen molar-refractivity contribution < 1.29 is 5.11 Å². The molecule has 94 valence electrons. The third-order valence-corrected chi connectivity index (χ3v) is 4.69. The Balaban J connectivity index is 2.21. The zero-order valence-electron chi connectivity index (χ0n) is 10.6. The molecule has 1 aromatic carbocycles. The number of piperidine rings is 1. The molecule has 0 atom stereocenters. The molecular weight excluding hydrogens is 230 g/mol. The SMILES string of the molecule is CSc1ccc(C2(CO)CCN(C)CC2)cc1. The Hall–Kier alpha value is -0.510. The van der Waals surface area contributed by atoms with Gasteiger partial charge < -0.3 is 10.0 Å². The Labute approximate surface area is 108 Å². The minimum atomic E-state index is -0.0105. The lowest BCUT2D eigenvalue weighted by Crippen LogP contribution is -2.43. The van der Waals surface area contributed by atoms with Gasteiger partial charge in [-0.3, -0.25) is 0 Å². The number of likely N-dealkylation sites (tertiary alicyclic amines) is 1. The number of hydrogen-bond donors (Lipinski definition) is 1. The predicted octanol–water partition coefficient (Wildman–Crippen LogP) is 2.36. The molecule has 2 nitrogen and oxygen atoms in total. The Morgan fingerprint density at radius 3 is 2.29 bits per heavy atom. The van der Waals surface area contributed by atoms with Crippen LogP contribution in [0.15, 0.2) is 29.2 Å².